The lowest BCUT2D eigenvalue weighted by atomic mass is 9.95. The molecular formula is C28H33N5O3. The molecule has 0 bridgehead atoms. The molecule has 1 amide bonds. The van der Waals surface area contributed by atoms with Crippen molar-refractivity contribution in [2.45, 2.75) is 58.2 Å². The van der Waals surface area contributed by atoms with Gasteiger partial charge in [-0.2, -0.15) is 5.10 Å². The summed E-state index contributed by atoms with van der Waals surface area (Å²) in [6.07, 6.45) is 5.17. The second-order valence-corrected chi connectivity index (χ2v) is 10.1. The average Bonchev–Trinajstić information content (AvgIpc) is 3.37. The monoisotopic (exact) mass is 487 g/mol. The van der Waals surface area contributed by atoms with Crippen LogP contribution >= 0.6 is 0 Å². The summed E-state index contributed by atoms with van der Waals surface area (Å²) in [5.41, 5.74) is 4.94. The fourth-order valence-electron chi connectivity index (χ4n) is 5.54. The van der Waals surface area contributed by atoms with Gasteiger partial charge in [-0.1, -0.05) is 24.3 Å². The predicted molar refractivity (Wildman–Crippen MR) is 136 cm³/mol. The van der Waals surface area contributed by atoms with Gasteiger partial charge in [0.1, 0.15) is 18.8 Å². The van der Waals surface area contributed by atoms with Crippen molar-refractivity contribution in [3.63, 3.8) is 0 Å². The smallest absolute Gasteiger partial charge is 0.338 e. The minimum Gasteiger partial charge on any atom is -0.459 e. The Kier molecular flexibility index (Phi) is 6.87. The van der Waals surface area contributed by atoms with E-state index in [0.29, 0.717) is 12.0 Å². The molecule has 3 atom stereocenters. The standard InChI is InChI=1S/C28H33N5O3/c1-19-15-31(11-10-23-6-9-26-24(13-23)12-21(3)36-28(26)35)16-20(2)33(19)27(34)14-22-4-7-25(8-5-22)32-18-29-17-30-32/h4-9,13,17-21H,10-12,14-16H2,1-3H3/t19-,20-,21?/m1/s1. The number of carbonyl (C=O) groups excluding carboxylic acids is 2. The van der Waals surface area contributed by atoms with Gasteiger partial charge in [0.2, 0.25) is 5.91 Å². The summed E-state index contributed by atoms with van der Waals surface area (Å²) >= 11 is 0. The first-order chi connectivity index (χ1) is 17.4. The van der Waals surface area contributed by atoms with E-state index >= 15 is 0 Å². The van der Waals surface area contributed by atoms with Gasteiger partial charge >= 0.3 is 5.97 Å². The summed E-state index contributed by atoms with van der Waals surface area (Å²) in [5.74, 6) is -0.0521. The largest absolute Gasteiger partial charge is 0.459 e. The van der Waals surface area contributed by atoms with Crippen LogP contribution in [0.4, 0.5) is 0 Å². The Morgan fingerprint density at radius 2 is 1.75 bits per heavy atom. The van der Waals surface area contributed by atoms with E-state index < -0.39 is 0 Å². The number of hydrogen-bond acceptors (Lipinski definition) is 6. The fourth-order valence-corrected chi connectivity index (χ4v) is 5.54. The van der Waals surface area contributed by atoms with Crippen LogP contribution in [0.25, 0.3) is 5.69 Å². The molecule has 1 saturated heterocycles. The predicted octanol–water partition coefficient (Wildman–Crippen LogP) is 3.08. The molecule has 0 saturated carbocycles. The van der Waals surface area contributed by atoms with Gasteiger partial charge in [0.15, 0.2) is 0 Å². The molecule has 8 nitrogen and oxygen atoms in total. The maximum Gasteiger partial charge on any atom is 0.338 e. The van der Waals surface area contributed by atoms with Crippen molar-refractivity contribution >= 4 is 11.9 Å². The van der Waals surface area contributed by atoms with Gasteiger partial charge in [-0.3, -0.25) is 9.69 Å². The third-order valence-corrected chi connectivity index (χ3v) is 7.18. The molecule has 0 aliphatic carbocycles. The summed E-state index contributed by atoms with van der Waals surface area (Å²) < 4.78 is 7.04. The Hall–Kier alpha value is -3.52. The number of esters is 1. The number of hydrogen-bond donors (Lipinski definition) is 0. The van der Waals surface area contributed by atoms with Gasteiger partial charge in [0.05, 0.1) is 17.7 Å². The molecule has 2 aliphatic rings. The van der Waals surface area contributed by atoms with E-state index in [1.165, 1.54) is 11.9 Å². The van der Waals surface area contributed by atoms with Crippen LogP contribution in [0.5, 0.6) is 0 Å². The summed E-state index contributed by atoms with van der Waals surface area (Å²) in [6, 6.07) is 14.3. The van der Waals surface area contributed by atoms with Crippen molar-refractivity contribution < 1.29 is 14.3 Å². The topological polar surface area (TPSA) is 80.6 Å². The van der Waals surface area contributed by atoms with E-state index in [1.54, 1.807) is 11.0 Å². The minimum absolute atomic E-state index is 0.0702. The van der Waals surface area contributed by atoms with Crippen LogP contribution < -0.4 is 0 Å². The second kappa shape index (κ2) is 10.2. The number of rotatable bonds is 6. The van der Waals surface area contributed by atoms with Crippen LogP contribution in [0.15, 0.2) is 55.1 Å². The summed E-state index contributed by atoms with van der Waals surface area (Å²) in [6.45, 7) is 8.86. The molecule has 1 unspecified atom stereocenters. The second-order valence-electron chi connectivity index (χ2n) is 10.1. The number of aromatic nitrogens is 3. The molecule has 1 fully saturated rings. The van der Waals surface area contributed by atoms with Gasteiger partial charge in [0, 0.05) is 38.1 Å². The molecule has 0 N–H and O–H groups in total. The molecule has 188 valence electrons. The molecule has 36 heavy (non-hydrogen) atoms. The van der Waals surface area contributed by atoms with Gasteiger partial charge in [-0.15, -0.1) is 0 Å². The third-order valence-electron chi connectivity index (χ3n) is 7.18. The first-order valence-corrected chi connectivity index (χ1v) is 12.7. The number of benzene rings is 2. The zero-order valence-corrected chi connectivity index (χ0v) is 21.1. The normalized spacial score (nSPS) is 22.2. The quantitative estimate of drug-likeness (QED) is 0.497. The van der Waals surface area contributed by atoms with Crippen LogP contribution in [0.1, 0.15) is 47.8 Å². The van der Waals surface area contributed by atoms with E-state index in [9.17, 15) is 9.59 Å². The molecule has 0 radical (unpaired) electrons. The van der Waals surface area contributed by atoms with E-state index in [4.69, 9.17) is 4.74 Å². The van der Waals surface area contributed by atoms with E-state index in [1.807, 2.05) is 48.2 Å². The third kappa shape index (κ3) is 5.18. The number of piperazine rings is 1. The van der Waals surface area contributed by atoms with Crippen molar-refractivity contribution in [2.75, 3.05) is 19.6 Å². The minimum atomic E-state index is -0.218. The van der Waals surface area contributed by atoms with Gasteiger partial charge in [-0.25, -0.2) is 14.5 Å². The van der Waals surface area contributed by atoms with Crippen molar-refractivity contribution in [3.8, 4) is 5.69 Å². The number of cyclic esters (lactones) is 1. The molecule has 2 aliphatic heterocycles. The highest BCUT2D eigenvalue weighted by molar-refractivity contribution is 5.92. The highest BCUT2D eigenvalue weighted by Gasteiger charge is 2.32. The van der Waals surface area contributed by atoms with E-state index in [0.717, 1.165) is 49.3 Å². The Balaban J connectivity index is 1.16. The highest BCUT2D eigenvalue weighted by atomic mass is 16.5. The number of amides is 1. The zero-order chi connectivity index (χ0) is 25.2. The SMILES string of the molecule is CC1Cc2cc(CCN3C[C@@H](C)N(C(=O)Cc4ccc(-n5cncn5)cc4)[C@H](C)C3)ccc2C(=O)O1. The Bertz CT molecular complexity index is 1210. The summed E-state index contributed by atoms with van der Waals surface area (Å²) in [5, 5.41) is 4.14. The van der Waals surface area contributed by atoms with Crippen molar-refractivity contribution in [3.05, 3.63) is 77.4 Å². The summed E-state index contributed by atoms with van der Waals surface area (Å²) in [7, 11) is 0. The van der Waals surface area contributed by atoms with Crippen molar-refractivity contribution in [1.82, 2.24) is 24.6 Å². The van der Waals surface area contributed by atoms with Crippen LogP contribution in [-0.4, -0.2) is 74.3 Å². The Morgan fingerprint density at radius 3 is 2.44 bits per heavy atom. The van der Waals surface area contributed by atoms with Gasteiger partial charge in [0.25, 0.3) is 0 Å². The molecular weight excluding hydrogens is 454 g/mol. The lowest BCUT2D eigenvalue weighted by molar-refractivity contribution is -0.138. The number of carbonyl (C=O) groups is 2. The molecule has 3 aromatic rings. The van der Waals surface area contributed by atoms with Crippen LogP contribution in [0.3, 0.4) is 0 Å². The first-order valence-electron chi connectivity index (χ1n) is 12.7. The highest BCUT2D eigenvalue weighted by Crippen LogP contribution is 2.23. The maximum atomic E-state index is 13.2. The zero-order valence-electron chi connectivity index (χ0n) is 21.1. The molecule has 1 aromatic heterocycles. The van der Waals surface area contributed by atoms with Crippen LogP contribution in [0.2, 0.25) is 0 Å². The van der Waals surface area contributed by atoms with Gasteiger partial charge < -0.3 is 9.64 Å². The van der Waals surface area contributed by atoms with Crippen LogP contribution in [-0.2, 0) is 28.8 Å². The first kappa shape index (κ1) is 24.2. The lowest BCUT2D eigenvalue weighted by Crippen LogP contribution is -2.59. The average molecular weight is 488 g/mol. The molecule has 0 spiro atoms. The van der Waals surface area contributed by atoms with Crippen molar-refractivity contribution in [1.29, 1.82) is 0 Å². The molecule has 2 aromatic carbocycles. The number of nitrogens with zero attached hydrogens (tertiary/aromatic N) is 5. The number of fused-ring (bicyclic) bond motifs is 1. The van der Waals surface area contributed by atoms with Crippen LogP contribution in [0, 0.1) is 0 Å². The van der Waals surface area contributed by atoms with E-state index in [2.05, 4.69) is 34.9 Å². The Morgan fingerprint density at radius 1 is 1.03 bits per heavy atom. The molecule has 5 rings (SSSR count). The van der Waals surface area contributed by atoms with E-state index in [-0.39, 0.29) is 30.1 Å². The molecule has 8 heteroatoms. The maximum absolute atomic E-state index is 13.2. The fraction of sp³-hybridized carbons (Fsp3) is 0.429. The number of ether oxygens (including phenoxy) is 1. The Labute approximate surface area is 211 Å². The van der Waals surface area contributed by atoms with Crippen molar-refractivity contribution in [2.24, 2.45) is 0 Å². The molecule has 3 heterocycles. The lowest BCUT2D eigenvalue weighted by Gasteiger charge is -2.44. The summed E-state index contributed by atoms with van der Waals surface area (Å²) in [4.78, 5) is 33.8. The van der Waals surface area contributed by atoms with Gasteiger partial charge in [-0.05, 0) is 62.1 Å².